The topological polar surface area (TPSA) is 237 Å². The van der Waals surface area contributed by atoms with E-state index in [1.54, 1.807) is 0 Å². The molecule has 2 unspecified atom stereocenters. The van der Waals surface area contributed by atoms with Gasteiger partial charge in [0.15, 0.2) is 12.2 Å². The summed E-state index contributed by atoms with van der Waals surface area (Å²) < 4.78 is 67.7. The maximum Gasteiger partial charge on any atom is 0.472 e. The number of ether oxygens (including phenoxy) is 4. The first-order valence-electron chi connectivity index (χ1n) is 33.8. The SMILES string of the molecule is CCCCCCCCCCCCCCCCCCCCC(=O)O[C@H](COC(=O)CCCCCCCCCCCCCCC)COP(=O)(O)OC[C@@H](O)COP(=O)(O)OC[C@@H](COC(=O)CCCCCCC)OC(=O)CCCCCCCCC. The fourth-order valence-electron chi connectivity index (χ4n) is 9.63. The van der Waals surface area contributed by atoms with Gasteiger partial charge in [-0.05, 0) is 25.7 Å². The summed E-state index contributed by atoms with van der Waals surface area (Å²) in [5.74, 6) is -2.15. The molecule has 0 aromatic rings. The van der Waals surface area contributed by atoms with Crippen LogP contribution in [-0.4, -0.2) is 96.7 Å². The molecule has 0 radical (unpaired) electrons. The Bertz CT molecular complexity index is 1600. The van der Waals surface area contributed by atoms with Crippen LogP contribution in [0.5, 0.6) is 0 Å². The van der Waals surface area contributed by atoms with E-state index in [0.717, 1.165) is 109 Å². The molecule has 0 rings (SSSR count). The number of phosphoric ester groups is 2. The molecule has 0 aliphatic rings. The van der Waals surface area contributed by atoms with E-state index in [4.69, 9.17) is 37.0 Å². The molecule has 0 fully saturated rings. The van der Waals surface area contributed by atoms with Crippen LogP contribution in [0.3, 0.4) is 0 Å². The van der Waals surface area contributed by atoms with E-state index in [2.05, 4.69) is 27.7 Å². The van der Waals surface area contributed by atoms with Gasteiger partial charge < -0.3 is 33.8 Å². The van der Waals surface area contributed by atoms with Crippen molar-refractivity contribution in [3.05, 3.63) is 0 Å². The molecule has 0 aromatic heterocycles. The molecule has 0 heterocycles. The first kappa shape index (κ1) is 81.1. The molecule has 19 heteroatoms. The Balaban J connectivity index is 5.11. The lowest BCUT2D eigenvalue weighted by Crippen LogP contribution is -2.30. The minimum atomic E-state index is -4.94. The quantitative estimate of drug-likeness (QED) is 0.0222. The number of hydrogen-bond acceptors (Lipinski definition) is 15. The van der Waals surface area contributed by atoms with Crippen LogP contribution >= 0.6 is 15.6 Å². The van der Waals surface area contributed by atoms with Gasteiger partial charge in [-0.15, -0.1) is 0 Å². The van der Waals surface area contributed by atoms with Crippen LogP contribution in [0.25, 0.3) is 0 Å². The van der Waals surface area contributed by atoms with Crippen molar-refractivity contribution < 1.29 is 80.2 Å². The van der Waals surface area contributed by atoms with Crippen LogP contribution in [-0.2, 0) is 65.4 Å². The molecule has 0 saturated carbocycles. The van der Waals surface area contributed by atoms with Crippen LogP contribution in [0.15, 0.2) is 0 Å². The van der Waals surface area contributed by atoms with Crippen molar-refractivity contribution in [2.24, 2.45) is 0 Å². The van der Waals surface area contributed by atoms with Crippen LogP contribution in [0.2, 0.25) is 0 Å². The third-order valence-corrected chi connectivity index (χ3v) is 16.8. The normalized spacial score (nSPS) is 14.2. The molecule has 0 aromatic carbocycles. The summed E-state index contributed by atoms with van der Waals surface area (Å²) >= 11 is 0. The molecular formula is C64H124O17P2. The minimum absolute atomic E-state index is 0.103. The number of unbranched alkanes of at least 4 members (excludes halogenated alkanes) is 39. The molecule has 0 aliphatic heterocycles. The van der Waals surface area contributed by atoms with E-state index in [-0.39, 0.29) is 25.7 Å². The van der Waals surface area contributed by atoms with Gasteiger partial charge in [0.25, 0.3) is 0 Å². The number of aliphatic hydroxyl groups excluding tert-OH is 1. The number of carbonyl (C=O) groups is 4. The zero-order valence-corrected chi connectivity index (χ0v) is 54.9. The Hall–Kier alpha value is -1.94. The average molecular weight is 1230 g/mol. The van der Waals surface area contributed by atoms with E-state index in [9.17, 15) is 43.2 Å². The number of aliphatic hydroxyl groups is 1. The summed E-state index contributed by atoms with van der Waals surface area (Å²) in [5, 5.41) is 10.5. The Labute approximate surface area is 505 Å². The third-order valence-electron chi connectivity index (χ3n) is 14.9. The van der Waals surface area contributed by atoms with Crippen molar-refractivity contribution in [3.63, 3.8) is 0 Å². The maximum absolute atomic E-state index is 13.0. The van der Waals surface area contributed by atoms with E-state index < -0.39 is 97.5 Å². The van der Waals surface area contributed by atoms with Gasteiger partial charge in [-0.3, -0.25) is 37.3 Å². The number of hydrogen-bond donors (Lipinski definition) is 3. The van der Waals surface area contributed by atoms with Gasteiger partial charge in [-0.2, -0.15) is 0 Å². The summed E-state index contributed by atoms with van der Waals surface area (Å²) in [6.07, 6.45) is 45.0. The predicted molar refractivity (Wildman–Crippen MR) is 331 cm³/mol. The second-order valence-corrected chi connectivity index (χ2v) is 26.1. The Morgan fingerprint density at radius 2 is 0.482 bits per heavy atom. The van der Waals surface area contributed by atoms with Crippen LogP contribution in [0.1, 0.15) is 329 Å². The van der Waals surface area contributed by atoms with Crippen LogP contribution < -0.4 is 0 Å². The number of carbonyl (C=O) groups excluding carboxylic acids is 4. The third kappa shape index (κ3) is 58.8. The molecule has 0 aliphatic carbocycles. The number of rotatable bonds is 65. The monoisotopic (exact) mass is 1230 g/mol. The van der Waals surface area contributed by atoms with Gasteiger partial charge >= 0.3 is 39.5 Å². The Morgan fingerprint density at radius 1 is 0.289 bits per heavy atom. The van der Waals surface area contributed by atoms with Crippen molar-refractivity contribution in [1.29, 1.82) is 0 Å². The van der Waals surface area contributed by atoms with Crippen molar-refractivity contribution in [2.75, 3.05) is 39.6 Å². The Morgan fingerprint density at radius 3 is 0.711 bits per heavy atom. The second kappa shape index (κ2) is 59.0. The second-order valence-electron chi connectivity index (χ2n) is 23.2. The molecule has 0 saturated heterocycles. The smallest absolute Gasteiger partial charge is 0.462 e. The first-order valence-corrected chi connectivity index (χ1v) is 36.8. The predicted octanol–water partition coefficient (Wildman–Crippen LogP) is 17.9. The van der Waals surface area contributed by atoms with E-state index in [1.165, 1.54) is 141 Å². The maximum atomic E-state index is 13.0. The Kier molecular flexibility index (Phi) is 57.7. The molecule has 83 heavy (non-hydrogen) atoms. The van der Waals surface area contributed by atoms with Crippen molar-refractivity contribution in [2.45, 2.75) is 348 Å². The summed E-state index contributed by atoms with van der Waals surface area (Å²) in [6.45, 7) is 4.77. The number of phosphoric acid groups is 2. The zero-order valence-electron chi connectivity index (χ0n) is 53.2. The lowest BCUT2D eigenvalue weighted by molar-refractivity contribution is -0.161. The summed E-state index contributed by atoms with van der Waals surface area (Å²) in [6, 6.07) is 0. The fourth-order valence-corrected chi connectivity index (χ4v) is 11.2. The molecule has 492 valence electrons. The average Bonchev–Trinajstić information content (AvgIpc) is 3.47. The highest BCUT2D eigenvalue weighted by Crippen LogP contribution is 2.45. The van der Waals surface area contributed by atoms with E-state index in [0.29, 0.717) is 25.7 Å². The summed E-state index contributed by atoms with van der Waals surface area (Å²) in [4.78, 5) is 71.8. The van der Waals surface area contributed by atoms with Crippen molar-refractivity contribution >= 4 is 39.5 Å². The van der Waals surface area contributed by atoms with Gasteiger partial charge in [-0.25, -0.2) is 9.13 Å². The standard InChI is InChI=1S/C64H124O17P2/c1-5-9-13-17-20-22-24-26-27-28-29-30-32-34-36-39-43-47-51-64(69)81-60(55-75-62(67)49-45-41-38-35-33-31-25-23-21-18-14-10-6-2)57-79-83(72,73)77-53-58(65)52-76-82(70,71)78-56-59(54-74-61(66)48-44-40-16-12-8-4)80-63(68)50-46-42-37-19-15-11-7-3/h58-60,65H,5-57H2,1-4H3,(H,70,71)(H,72,73)/t58-,59+,60+/m0/s1. The fraction of sp³-hybridized carbons (Fsp3) is 0.938. The van der Waals surface area contributed by atoms with Crippen LogP contribution in [0, 0.1) is 0 Å². The van der Waals surface area contributed by atoms with Gasteiger partial charge in [0.2, 0.25) is 0 Å². The molecule has 5 atom stereocenters. The molecular weight excluding hydrogens is 1100 g/mol. The zero-order chi connectivity index (χ0) is 61.2. The highest BCUT2D eigenvalue weighted by molar-refractivity contribution is 7.47. The van der Waals surface area contributed by atoms with Crippen LogP contribution in [0.4, 0.5) is 0 Å². The largest absolute Gasteiger partial charge is 0.472 e. The molecule has 0 amide bonds. The van der Waals surface area contributed by atoms with Gasteiger partial charge in [0.1, 0.15) is 19.3 Å². The van der Waals surface area contributed by atoms with Gasteiger partial charge in [-0.1, -0.05) is 278 Å². The minimum Gasteiger partial charge on any atom is -0.462 e. The van der Waals surface area contributed by atoms with E-state index >= 15 is 0 Å². The highest BCUT2D eigenvalue weighted by atomic mass is 31.2. The molecule has 17 nitrogen and oxygen atoms in total. The lowest BCUT2D eigenvalue weighted by atomic mass is 10.0. The lowest BCUT2D eigenvalue weighted by Gasteiger charge is -2.21. The summed E-state index contributed by atoms with van der Waals surface area (Å²) in [7, 11) is -9.87. The molecule has 0 spiro atoms. The van der Waals surface area contributed by atoms with Crippen molar-refractivity contribution in [3.8, 4) is 0 Å². The number of esters is 4. The molecule has 3 N–H and O–H groups in total. The highest BCUT2D eigenvalue weighted by Gasteiger charge is 2.30. The van der Waals surface area contributed by atoms with Gasteiger partial charge in [0.05, 0.1) is 26.4 Å². The summed E-state index contributed by atoms with van der Waals surface area (Å²) in [5.41, 5.74) is 0. The van der Waals surface area contributed by atoms with Crippen molar-refractivity contribution in [1.82, 2.24) is 0 Å². The van der Waals surface area contributed by atoms with E-state index in [1.807, 2.05) is 0 Å². The van der Waals surface area contributed by atoms with Gasteiger partial charge in [0, 0.05) is 25.7 Å². The molecule has 0 bridgehead atoms. The first-order chi connectivity index (χ1) is 40.2.